The number of pyridine rings is 1. The number of aromatic nitrogens is 3. The SMILES string of the molecule is O=C(Cn1c(=O)[nH]c(=O)c2ccccc21)OC[C@@H](Cc1c(Cl)cncc1Cl)c1ccc(OC(F)F)c(OCC2CC2)c1. The van der Waals surface area contributed by atoms with E-state index in [0.717, 1.165) is 17.4 Å². The van der Waals surface area contributed by atoms with Crippen LogP contribution in [0.25, 0.3) is 10.9 Å². The number of hydrogen-bond donors (Lipinski definition) is 1. The number of rotatable bonds is 12. The Balaban J connectivity index is 1.42. The number of nitrogens with zero attached hydrogens (tertiary/aromatic N) is 2. The van der Waals surface area contributed by atoms with Crippen LogP contribution >= 0.6 is 23.2 Å². The first-order valence-electron chi connectivity index (χ1n) is 13.1. The number of H-pyrrole nitrogens is 1. The highest BCUT2D eigenvalue weighted by Crippen LogP contribution is 2.37. The molecule has 42 heavy (non-hydrogen) atoms. The van der Waals surface area contributed by atoms with Crippen LogP contribution in [0, 0.1) is 5.92 Å². The van der Waals surface area contributed by atoms with E-state index in [1.54, 1.807) is 30.3 Å². The fraction of sp³-hybridized carbons (Fsp3) is 0.310. The molecule has 2 heterocycles. The Kier molecular flexibility index (Phi) is 9.08. The molecule has 4 aromatic rings. The molecule has 0 radical (unpaired) electrons. The average Bonchev–Trinajstić information content (AvgIpc) is 3.79. The fourth-order valence-corrected chi connectivity index (χ4v) is 5.02. The van der Waals surface area contributed by atoms with Crippen LogP contribution < -0.4 is 20.7 Å². The molecule has 1 saturated carbocycles. The van der Waals surface area contributed by atoms with Crippen LogP contribution in [0.4, 0.5) is 8.78 Å². The second kappa shape index (κ2) is 12.9. The molecule has 5 rings (SSSR count). The molecular formula is C29H25Cl2F2N3O6. The molecule has 2 aromatic carbocycles. The average molecular weight is 620 g/mol. The largest absolute Gasteiger partial charge is 0.489 e. The quantitative estimate of drug-likeness (QED) is 0.213. The van der Waals surface area contributed by atoms with Gasteiger partial charge in [-0.15, -0.1) is 0 Å². The molecular weight excluding hydrogens is 595 g/mol. The number of aromatic amines is 1. The van der Waals surface area contributed by atoms with Gasteiger partial charge < -0.3 is 14.2 Å². The summed E-state index contributed by atoms with van der Waals surface area (Å²) in [5, 5.41) is 0.843. The van der Waals surface area contributed by atoms with Gasteiger partial charge in [-0.05, 0) is 60.6 Å². The lowest BCUT2D eigenvalue weighted by Crippen LogP contribution is -2.33. The molecule has 1 N–H and O–H groups in total. The molecule has 0 saturated heterocycles. The number of fused-ring (bicyclic) bond motifs is 1. The highest BCUT2D eigenvalue weighted by Gasteiger charge is 2.25. The van der Waals surface area contributed by atoms with Crippen molar-refractivity contribution in [2.24, 2.45) is 5.92 Å². The van der Waals surface area contributed by atoms with Crippen LogP contribution in [0.2, 0.25) is 10.0 Å². The van der Waals surface area contributed by atoms with E-state index < -0.39 is 36.3 Å². The molecule has 1 atom stereocenters. The maximum Gasteiger partial charge on any atom is 0.387 e. The van der Waals surface area contributed by atoms with Gasteiger partial charge in [0, 0.05) is 18.3 Å². The smallest absolute Gasteiger partial charge is 0.387 e. The van der Waals surface area contributed by atoms with Gasteiger partial charge in [-0.1, -0.05) is 41.4 Å². The summed E-state index contributed by atoms with van der Waals surface area (Å²) in [6, 6.07) is 10.9. The van der Waals surface area contributed by atoms with Crippen molar-refractivity contribution >= 4 is 40.1 Å². The summed E-state index contributed by atoms with van der Waals surface area (Å²) in [4.78, 5) is 43.8. The summed E-state index contributed by atoms with van der Waals surface area (Å²) in [7, 11) is 0. The summed E-state index contributed by atoms with van der Waals surface area (Å²) in [6.07, 6.45) is 5.06. The monoisotopic (exact) mass is 619 g/mol. The van der Waals surface area contributed by atoms with E-state index >= 15 is 0 Å². The van der Waals surface area contributed by atoms with Gasteiger partial charge in [0.1, 0.15) is 6.54 Å². The lowest BCUT2D eigenvalue weighted by molar-refractivity contribution is -0.144. The van der Waals surface area contributed by atoms with Gasteiger partial charge in [0.15, 0.2) is 11.5 Å². The van der Waals surface area contributed by atoms with E-state index in [9.17, 15) is 23.2 Å². The van der Waals surface area contributed by atoms with Crippen LogP contribution in [0.15, 0.2) is 64.4 Å². The summed E-state index contributed by atoms with van der Waals surface area (Å²) in [6.45, 7) is -3.33. The van der Waals surface area contributed by atoms with Crippen molar-refractivity contribution in [2.45, 2.75) is 38.3 Å². The summed E-state index contributed by atoms with van der Waals surface area (Å²) in [5.74, 6) is -0.927. The Morgan fingerprint density at radius 2 is 1.81 bits per heavy atom. The summed E-state index contributed by atoms with van der Waals surface area (Å²) in [5.41, 5.74) is 0.0959. The molecule has 0 spiro atoms. The van der Waals surface area contributed by atoms with E-state index in [4.69, 9.17) is 32.7 Å². The molecule has 2 aromatic heterocycles. The van der Waals surface area contributed by atoms with Crippen molar-refractivity contribution in [3.63, 3.8) is 0 Å². The number of carbonyl (C=O) groups is 1. The molecule has 1 aliphatic carbocycles. The maximum atomic E-state index is 13.1. The van der Waals surface area contributed by atoms with Crippen LogP contribution in [-0.4, -0.2) is 40.3 Å². The molecule has 9 nitrogen and oxygen atoms in total. The van der Waals surface area contributed by atoms with Gasteiger partial charge in [-0.3, -0.25) is 24.1 Å². The number of benzene rings is 2. The highest BCUT2D eigenvalue weighted by atomic mass is 35.5. The second-order valence-corrected chi connectivity index (χ2v) is 10.7. The van der Waals surface area contributed by atoms with Gasteiger partial charge in [0.25, 0.3) is 5.56 Å². The number of carbonyl (C=O) groups excluding carboxylic acids is 1. The molecule has 220 valence electrons. The van der Waals surface area contributed by atoms with Crippen LogP contribution in [0.1, 0.15) is 29.9 Å². The molecule has 0 unspecified atom stereocenters. The summed E-state index contributed by atoms with van der Waals surface area (Å²) >= 11 is 12.7. The minimum atomic E-state index is -3.04. The van der Waals surface area contributed by atoms with Gasteiger partial charge in [-0.25, -0.2) is 4.79 Å². The summed E-state index contributed by atoms with van der Waals surface area (Å²) < 4.78 is 43.3. The molecule has 0 bridgehead atoms. The third-order valence-electron chi connectivity index (χ3n) is 6.87. The molecule has 13 heteroatoms. The van der Waals surface area contributed by atoms with Crippen LogP contribution in [-0.2, 0) is 22.5 Å². The van der Waals surface area contributed by atoms with E-state index in [0.29, 0.717) is 33.7 Å². The van der Waals surface area contributed by atoms with E-state index in [1.165, 1.54) is 24.5 Å². The first-order valence-corrected chi connectivity index (χ1v) is 13.8. The topological polar surface area (TPSA) is 113 Å². The van der Waals surface area contributed by atoms with Crippen LogP contribution in [0.5, 0.6) is 11.5 Å². The zero-order valence-electron chi connectivity index (χ0n) is 22.0. The number of nitrogens with one attached hydrogen (secondary N) is 1. The van der Waals surface area contributed by atoms with Gasteiger partial charge in [-0.2, -0.15) is 8.78 Å². The zero-order valence-corrected chi connectivity index (χ0v) is 23.5. The number of alkyl halides is 2. The lowest BCUT2D eigenvalue weighted by atomic mass is 9.92. The first kappa shape index (κ1) is 29.5. The predicted octanol–water partition coefficient (Wildman–Crippen LogP) is 5.35. The Morgan fingerprint density at radius 1 is 1.07 bits per heavy atom. The molecule has 0 amide bonds. The van der Waals surface area contributed by atoms with Gasteiger partial charge >= 0.3 is 18.3 Å². The number of halogens is 4. The third kappa shape index (κ3) is 7.08. The fourth-order valence-electron chi connectivity index (χ4n) is 4.50. The molecule has 0 aliphatic heterocycles. The van der Waals surface area contributed by atoms with Crippen molar-refractivity contribution in [3.05, 3.63) is 96.9 Å². The van der Waals surface area contributed by atoms with Crippen molar-refractivity contribution in [3.8, 4) is 11.5 Å². The van der Waals surface area contributed by atoms with Gasteiger partial charge in [0.2, 0.25) is 0 Å². The van der Waals surface area contributed by atoms with E-state index in [-0.39, 0.29) is 35.4 Å². The Labute approximate surface area is 248 Å². The highest BCUT2D eigenvalue weighted by molar-refractivity contribution is 6.35. The Morgan fingerprint density at radius 3 is 2.52 bits per heavy atom. The van der Waals surface area contributed by atoms with E-state index in [2.05, 4.69) is 14.7 Å². The predicted molar refractivity (Wildman–Crippen MR) is 152 cm³/mol. The maximum absolute atomic E-state index is 13.1. The Hall–Kier alpha value is -3.96. The van der Waals surface area contributed by atoms with Crippen molar-refractivity contribution < 1.29 is 27.8 Å². The zero-order chi connectivity index (χ0) is 29.8. The normalized spacial score (nSPS) is 13.7. The van der Waals surface area contributed by atoms with Crippen molar-refractivity contribution in [2.75, 3.05) is 13.2 Å². The standard InChI is InChI=1S/C29H25Cl2F2N3O6/c30-21-11-34-12-22(31)20(21)9-18(17-7-8-24(42-28(32)33)25(10-17)40-14-16-5-6-16)15-41-26(37)13-36-23-4-2-1-3-19(23)27(38)35-29(36)39/h1-4,7-8,10-12,16,18,28H,5-6,9,13-15H2,(H,35,38,39)/t18-/m1/s1. The first-order chi connectivity index (χ1) is 20.2. The second-order valence-electron chi connectivity index (χ2n) is 9.87. The van der Waals surface area contributed by atoms with Crippen molar-refractivity contribution in [1.29, 1.82) is 0 Å². The molecule has 1 aliphatic rings. The van der Waals surface area contributed by atoms with Crippen LogP contribution in [0.3, 0.4) is 0 Å². The Bertz CT molecular complexity index is 1700. The number of esters is 1. The minimum Gasteiger partial charge on any atom is -0.489 e. The minimum absolute atomic E-state index is 0.116. The third-order valence-corrected chi connectivity index (χ3v) is 7.52. The lowest BCUT2D eigenvalue weighted by Gasteiger charge is -2.21. The number of ether oxygens (including phenoxy) is 3. The molecule has 1 fully saturated rings. The van der Waals surface area contributed by atoms with Gasteiger partial charge in [0.05, 0.1) is 34.2 Å². The van der Waals surface area contributed by atoms with Crippen molar-refractivity contribution in [1.82, 2.24) is 14.5 Å². The van der Waals surface area contributed by atoms with E-state index in [1.807, 2.05) is 0 Å². The number of hydrogen-bond acceptors (Lipinski definition) is 7. The number of para-hydroxylation sites is 1.